The maximum atomic E-state index is 13.1. The van der Waals surface area contributed by atoms with Crippen molar-refractivity contribution in [2.75, 3.05) is 0 Å². The first-order valence-electron chi connectivity index (χ1n) is 4.80. The Morgan fingerprint density at radius 3 is 2.14 bits per heavy atom. The van der Waals surface area contributed by atoms with Gasteiger partial charge in [0.2, 0.25) is 0 Å². The van der Waals surface area contributed by atoms with E-state index in [0.29, 0.717) is 0 Å². The Morgan fingerprint density at radius 1 is 1.29 bits per heavy atom. The van der Waals surface area contributed by atoms with E-state index in [0.717, 1.165) is 0 Å². The summed E-state index contributed by atoms with van der Waals surface area (Å²) in [6.45, 7) is 6.67. The van der Waals surface area contributed by atoms with E-state index in [9.17, 15) is 13.6 Å². The van der Waals surface area contributed by atoms with Crippen LogP contribution in [0.3, 0.4) is 0 Å². The summed E-state index contributed by atoms with van der Waals surface area (Å²) >= 11 is 0. The summed E-state index contributed by atoms with van der Waals surface area (Å²) in [5.41, 5.74) is 0. The van der Waals surface area contributed by atoms with E-state index >= 15 is 0 Å². The second kappa shape index (κ2) is 5.27. The molecular weight excluding hydrogens is 190 g/mol. The molecule has 0 N–H and O–H groups in total. The van der Waals surface area contributed by atoms with Gasteiger partial charge in [-0.25, -0.2) is 8.78 Å². The van der Waals surface area contributed by atoms with Gasteiger partial charge in [-0.2, -0.15) is 0 Å². The molecule has 0 radical (unpaired) electrons. The first-order valence-corrected chi connectivity index (χ1v) is 4.80. The van der Waals surface area contributed by atoms with Gasteiger partial charge < -0.3 is 4.74 Å². The van der Waals surface area contributed by atoms with E-state index in [1.807, 2.05) is 0 Å². The Morgan fingerprint density at radius 2 is 1.79 bits per heavy atom. The number of hydrogen-bond donors (Lipinski definition) is 0. The Hall–Kier alpha value is -0.670. The van der Waals surface area contributed by atoms with Crippen molar-refractivity contribution in [2.24, 2.45) is 5.92 Å². The van der Waals surface area contributed by atoms with Gasteiger partial charge >= 0.3 is 5.97 Å². The van der Waals surface area contributed by atoms with Crippen LogP contribution >= 0.6 is 0 Å². The highest BCUT2D eigenvalue weighted by Crippen LogP contribution is 2.27. The van der Waals surface area contributed by atoms with Gasteiger partial charge in [-0.1, -0.05) is 13.8 Å². The summed E-state index contributed by atoms with van der Waals surface area (Å²) in [4.78, 5) is 10.9. The topological polar surface area (TPSA) is 26.3 Å². The number of carbonyl (C=O) groups excluding carboxylic acids is 1. The van der Waals surface area contributed by atoms with Crippen LogP contribution in [-0.2, 0) is 9.53 Å². The maximum Gasteiger partial charge on any atom is 0.312 e. The lowest BCUT2D eigenvalue weighted by molar-refractivity contribution is -0.156. The second-order valence-electron chi connectivity index (χ2n) is 4.17. The van der Waals surface area contributed by atoms with Gasteiger partial charge in [0.15, 0.2) is 0 Å². The molecule has 0 aliphatic rings. The van der Waals surface area contributed by atoms with Crippen LogP contribution in [-0.4, -0.2) is 18.0 Å². The van der Waals surface area contributed by atoms with Crippen LogP contribution in [0.15, 0.2) is 0 Å². The molecule has 0 atom stereocenters. The number of rotatable bonds is 5. The summed E-state index contributed by atoms with van der Waals surface area (Å²) in [6.07, 6.45) is -1.43. The average Bonchev–Trinajstić information content (AvgIpc) is 1.77. The molecule has 0 bridgehead atoms. The molecule has 0 aliphatic carbocycles. The smallest absolute Gasteiger partial charge is 0.312 e. The normalized spacial score (nSPS) is 12.3. The first kappa shape index (κ1) is 13.3. The first-order chi connectivity index (χ1) is 6.23. The van der Waals surface area contributed by atoms with E-state index in [2.05, 4.69) is 4.74 Å². The Bertz CT molecular complexity index is 189. The van der Waals surface area contributed by atoms with Gasteiger partial charge in [0.25, 0.3) is 5.92 Å². The standard InChI is InChI=1S/C10H18F2O2/c1-7(2)5-10(11,12)6-9(13)14-8(3)4/h7-8H,5-6H2,1-4H3. The summed E-state index contributed by atoms with van der Waals surface area (Å²) in [7, 11) is 0. The zero-order chi connectivity index (χ0) is 11.4. The molecule has 0 amide bonds. The molecule has 0 saturated carbocycles. The van der Waals surface area contributed by atoms with Crippen LogP contribution < -0.4 is 0 Å². The highest BCUT2D eigenvalue weighted by Gasteiger charge is 2.33. The van der Waals surface area contributed by atoms with Gasteiger partial charge in [0.1, 0.15) is 6.42 Å². The highest BCUT2D eigenvalue weighted by atomic mass is 19.3. The Kier molecular flexibility index (Phi) is 5.02. The van der Waals surface area contributed by atoms with E-state index in [-0.39, 0.29) is 18.4 Å². The zero-order valence-corrected chi connectivity index (χ0v) is 9.14. The van der Waals surface area contributed by atoms with Gasteiger partial charge in [0, 0.05) is 6.42 Å². The molecule has 0 fully saturated rings. The quantitative estimate of drug-likeness (QED) is 0.649. The Balaban J connectivity index is 4.01. The molecular formula is C10H18F2O2. The van der Waals surface area contributed by atoms with Crippen molar-refractivity contribution in [3.8, 4) is 0 Å². The molecule has 0 heterocycles. The third-order valence-electron chi connectivity index (χ3n) is 1.48. The molecule has 84 valence electrons. The number of esters is 1. The van der Waals surface area contributed by atoms with E-state index < -0.39 is 18.3 Å². The van der Waals surface area contributed by atoms with E-state index in [4.69, 9.17) is 0 Å². The van der Waals surface area contributed by atoms with Crippen LogP contribution in [0.4, 0.5) is 8.78 Å². The van der Waals surface area contributed by atoms with Crippen molar-refractivity contribution in [3.05, 3.63) is 0 Å². The number of halogens is 2. The molecule has 0 unspecified atom stereocenters. The lowest BCUT2D eigenvalue weighted by atomic mass is 10.0. The van der Waals surface area contributed by atoms with Crippen LogP contribution in [0.1, 0.15) is 40.5 Å². The lowest BCUT2D eigenvalue weighted by Crippen LogP contribution is -2.25. The van der Waals surface area contributed by atoms with Gasteiger partial charge in [-0.15, -0.1) is 0 Å². The molecule has 14 heavy (non-hydrogen) atoms. The van der Waals surface area contributed by atoms with Crippen LogP contribution in [0.5, 0.6) is 0 Å². The summed E-state index contributed by atoms with van der Waals surface area (Å²) in [5, 5.41) is 0. The lowest BCUT2D eigenvalue weighted by Gasteiger charge is -2.18. The fraction of sp³-hybridized carbons (Fsp3) is 0.900. The molecule has 2 nitrogen and oxygen atoms in total. The minimum atomic E-state index is -2.94. The Labute approximate surface area is 83.6 Å². The van der Waals surface area contributed by atoms with Crippen molar-refractivity contribution in [1.82, 2.24) is 0 Å². The third kappa shape index (κ3) is 6.80. The maximum absolute atomic E-state index is 13.1. The van der Waals surface area contributed by atoms with E-state index in [1.165, 1.54) is 0 Å². The molecule has 0 aromatic heterocycles. The summed E-state index contributed by atoms with van der Waals surface area (Å²) in [6, 6.07) is 0. The average molecular weight is 208 g/mol. The van der Waals surface area contributed by atoms with Crippen LogP contribution in [0.2, 0.25) is 0 Å². The molecule has 0 rings (SSSR count). The van der Waals surface area contributed by atoms with Gasteiger partial charge in [-0.05, 0) is 19.8 Å². The van der Waals surface area contributed by atoms with Crippen molar-refractivity contribution in [1.29, 1.82) is 0 Å². The van der Waals surface area contributed by atoms with Crippen LogP contribution in [0, 0.1) is 5.92 Å². The number of ether oxygens (including phenoxy) is 1. The van der Waals surface area contributed by atoms with Gasteiger partial charge in [0.05, 0.1) is 6.10 Å². The van der Waals surface area contributed by atoms with Gasteiger partial charge in [-0.3, -0.25) is 4.79 Å². The number of carbonyl (C=O) groups is 1. The monoisotopic (exact) mass is 208 g/mol. The minimum Gasteiger partial charge on any atom is -0.463 e. The molecule has 0 spiro atoms. The molecule has 0 aromatic carbocycles. The summed E-state index contributed by atoms with van der Waals surface area (Å²) < 4.78 is 30.8. The van der Waals surface area contributed by atoms with Crippen molar-refractivity contribution in [3.63, 3.8) is 0 Å². The molecule has 0 saturated heterocycles. The summed E-state index contributed by atoms with van der Waals surface area (Å²) in [5.74, 6) is -3.90. The highest BCUT2D eigenvalue weighted by molar-refractivity contribution is 5.70. The van der Waals surface area contributed by atoms with E-state index in [1.54, 1.807) is 27.7 Å². The second-order valence-corrected chi connectivity index (χ2v) is 4.17. The largest absolute Gasteiger partial charge is 0.463 e. The number of alkyl halides is 2. The van der Waals surface area contributed by atoms with Crippen molar-refractivity contribution < 1.29 is 18.3 Å². The van der Waals surface area contributed by atoms with Crippen LogP contribution in [0.25, 0.3) is 0 Å². The van der Waals surface area contributed by atoms with Crippen molar-refractivity contribution >= 4 is 5.97 Å². The SMILES string of the molecule is CC(C)CC(F)(F)CC(=O)OC(C)C. The molecule has 0 aromatic rings. The fourth-order valence-corrected chi connectivity index (χ4v) is 1.19. The zero-order valence-electron chi connectivity index (χ0n) is 9.14. The molecule has 0 aliphatic heterocycles. The molecule has 4 heteroatoms. The predicted molar refractivity (Wildman–Crippen MR) is 50.2 cm³/mol. The third-order valence-corrected chi connectivity index (χ3v) is 1.48. The number of hydrogen-bond acceptors (Lipinski definition) is 2. The predicted octanol–water partition coefficient (Wildman–Crippen LogP) is 3.01. The van der Waals surface area contributed by atoms with Crippen molar-refractivity contribution in [2.45, 2.75) is 52.6 Å². The fourth-order valence-electron chi connectivity index (χ4n) is 1.19. The minimum absolute atomic E-state index is 0.128.